The van der Waals surface area contributed by atoms with Crippen LogP contribution in [0.2, 0.25) is 0 Å². The molecule has 2 atom stereocenters. The molecule has 0 amide bonds. The molecule has 0 saturated heterocycles. The number of aliphatic hydroxyl groups is 1. The second-order valence-corrected chi connectivity index (χ2v) is 6.75. The smallest absolute Gasteiger partial charge is 0.0800 e. The molecule has 0 fully saturated rings. The molecule has 1 aliphatic carbocycles. The molecular formula is C20H34O. The second kappa shape index (κ2) is 9.78. The van der Waals surface area contributed by atoms with E-state index in [-0.39, 0.29) is 0 Å². The molecule has 1 rings (SSSR count). The quantitative estimate of drug-likeness (QED) is 0.618. The molecule has 1 unspecified atom stereocenters. The van der Waals surface area contributed by atoms with Gasteiger partial charge in [-0.25, -0.2) is 0 Å². The van der Waals surface area contributed by atoms with Gasteiger partial charge in [0.2, 0.25) is 0 Å². The highest BCUT2D eigenvalue weighted by Crippen LogP contribution is 2.27. The summed E-state index contributed by atoms with van der Waals surface area (Å²) in [6.45, 7) is 17.8. The number of hydrogen-bond donors (Lipinski definition) is 1. The fourth-order valence-corrected chi connectivity index (χ4v) is 2.17. The van der Waals surface area contributed by atoms with Crippen LogP contribution in [0.3, 0.4) is 0 Å². The maximum Gasteiger partial charge on any atom is 0.0800 e. The topological polar surface area (TPSA) is 20.2 Å². The van der Waals surface area contributed by atoms with Crippen LogP contribution in [0.25, 0.3) is 0 Å². The van der Waals surface area contributed by atoms with E-state index in [0.717, 1.165) is 18.8 Å². The van der Waals surface area contributed by atoms with E-state index in [0.29, 0.717) is 0 Å². The fraction of sp³-hybridized carbons (Fsp3) is 0.600. The summed E-state index contributed by atoms with van der Waals surface area (Å²) in [5.74, 6) is 0.767. The minimum atomic E-state index is -0.702. The van der Waals surface area contributed by atoms with Crippen molar-refractivity contribution >= 4 is 0 Å². The first kappa shape index (κ1) is 19.9. The number of rotatable bonds is 5. The predicted molar refractivity (Wildman–Crippen MR) is 95.4 cm³/mol. The van der Waals surface area contributed by atoms with E-state index >= 15 is 0 Å². The van der Waals surface area contributed by atoms with Crippen molar-refractivity contribution in [3.63, 3.8) is 0 Å². The summed E-state index contributed by atoms with van der Waals surface area (Å²) in [6.07, 6.45) is 11.5. The van der Waals surface area contributed by atoms with Gasteiger partial charge < -0.3 is 5.11 Å². The Morgan fingerprint density at radius 2 is 2.05 bits per heavy atom. The van der Waals surface area contributed by atoms with Gasteiger partial charge in [0.1, 0.15) is 0 Å². The normalized spacial score (nSPS) is 20.3. The van der Waals surface area contributed by atoms with Gasteiger partial charge in [-0.15, -0.1) is 6.58 Å². The first-order valence-electron chi connectivity index (χ1n) is 7.98. The van der Waals surface area contributed by atoms with Crippen molar-refractivity contribution in [3.05, 3.63) is 48.1 Å². The maximum absolute atomic E-state index is 9.49. The Morgan fingerprint density at radius 1 is 1.43 bits per heavy atom. The monoisotopic (exact) mass is 290 g/mol. The zero-order chi connectivity index (χ0) is 16.5. The molecule has 120 valence electrons. The third-order valence-electron chi connectivity index (χ3n) is 3.98. The van der Waals surface area contributed by atoms with E-state index in [1.165, 1.54) is 30.4 Å². The van der Waals surface area contributed by atoms with Crippen molar-refractivity contribution in [1.29, 1.82) is 0 Å². The Morgan fingerprint density at radius 3 is 2.43 bits per heavy atom. The van der Waals surface area contributed by atoms with Crippen molar-refractivity contribution in [2.24, 2.45) is 5.92 Å². The molecule has 0 aromatic heterocycles. The van der Waals surface area contributed by atoms with Crippen LogP contribution in [0.5, 0.6) is 0 Å². The predicted octanol–water partition coefficient (Wildman–Crippen LogP) is 5.98. The molecule has 0 aromatic rings. The van der Waals surface area contributed by atoms with Crippen molar-refractivity contribution in [1.82, 2.24) is 0 Å². The van der Waals surface area contributed by atoms with Gasteiger partial charge in [-0.2, -0.15) is 0 Å². The summed E-state index contributed by atoms with van der Waals surface area (Å²) in [7, 11) is 0. The molecular weight excluding hydrogens is 256 g/mol. The Hall–Kier alpha value is -1.08. The molecule has 0 heterocycles. The van der Waals surface area contributed by atoms with Gasteiger partial charge >= 0.3 is 0 Å². The highest BCUT2D eigenvalue weighted by Gasteiger charge is 2.13. The largest absolute Gasteiger partial charge is 0.386 e. The minimum Gasteiger partial charge on any atom is -0.386 e. The van der Waals surface area contributed by atoms with Gasteiger partial charge in [-0.1, -0.05) is 41.5 Å². The molecule has 1 nitrogen and oxygen atoms in total. The average molecular weight is 290 g/mol. The van der Waals surface area contributed by atoms with Crippen LogP contribution in [0.15, 0.2) is 48.1 Å². The first-order valence-corrected chi connectivity index (χ1v) is 7.98. The Kier molecular flexibility index (Phi) is 9.28. The Balaban J connectivity index is 0.000000382. The summed E-state index contributed by atoms with van der Waals surface area (Å²) in [5, 5.41) is 9.49. The van der Waals surface area contributed by atoms with Crippen LogP contribution in [-0.4, -0.2) is 10.7 Å². The third kappa shape index (κ3) is 10.3. The van der Waals surface area contributed by atoms with Gasteiger partial charge in [0, 0.05) is 0 Å². The van der Waals surface area contributed by atoms with Crippen molar-refractivity contribution < 1.29 is 5.11 Å². The Bertz CT molecular complexity index is 392. The lowest BCUT2D eigenvalue weighted by molar-refractivity contribution is 0.103. The zero-order valence-corrected chi connectivity index (χ0v) is 14.7. The molecule has 0 aliphatic heterocycles. The summed E-state index contributed by atoms with van der Waals surface area (Å²) in [6, 6.07) is 0. The van der Waals surface area contributed by atoms with Crippen molar-refractivity contribution in [3.8, 4) is 0 Å². The average Bonchev–Trinajstić information content (AvgIpc) is 2.39. The van der Waals surface area contributed by atoms with Gasteiger partial charge in [-0.3, -0.25) is 0 Å². The highest BCUT2D eigenvalue weighted by molar-refractivity contribution is 5.09. The maximum atomic E-state index is 9.49. The van der Waals surface area contributed by atoms with E-state index in [1.54, 1.807) is 18.6 Å². The van der Waals surface area contributed by atoms with Crippen LogP contribution >= 0.6 is 0 Å². The van der Waals surface area contributed by atoms with E-state index in [2.05, 4.69) is 53.0 Å². The van der Waals surface area contributed by atoms with Crippen LogP contribution in [0.4, 0.5) is 0 Å². The van der Waals surface area contributed by atoms with E-state index in [1.807, 2.05) is 0 Å². The van der Waals surface area contributed by atoms with Crippen LogP contribution < -0.4 is 0 Å². The molecule has 0 radical (unpaired) electrons. The van der Waals surface area contributed by atoms with E-state index in [9.17, 15) is 5.11 Å². The van der Waals surface area contributed by atoms with Crippen molar-refractivity contribution in [2.75, 3.05) is 0 Å². The first-order chi connectivity index (χ1) is 9.68. The van der Waals surface area contributed by atoms with Crippen molar-refractivity contribution in [2.45, 2.75) is 72.3 Å². The second-order valence-electron chi connectivity index (χ2n) is 6.75. The molecule has 0 bridgehead atoms. The summed E-state index contributed by atoms with van der Waals surface area (Å²) in [4.78, 5) is 0. The third-order valence-corrected chi connectivity index (χ3v) is 3.98. The van der Waals surface area contributed by atoms with Gasteiger partial charge in [0.25, 0.3) is 0 Å². The summed E-state index contributed by atoms with van der Waals surface area (Å²) < 4.78 is 0. The molecule has 1 N–H and O–H groups in total. The lowest BCUT2D eigenvalue weighted by Gasteiger charge is -2.19. The SMILES string of the molecule is C=C(C)[C@@H]1CC=C(C)CC1.C=CC(C)(O)CCC=C(C)C. The van der Waals surface area contributed by atoms with Crippen LogP contribution in [0, 0.1) is 5.92 Å². The highest BCUT2D eigenvalue weighted by atomic mass is 16.3. The zero-order valence-electron chi connectivity index (χ0n) is 14.7. The van der Waals surface area contributed by atoms with Gasteiger partial charge in [-0.05, 0) is 72.6 Å². The minimum absolute atomic E-state index is 0.702. The lowest BCUT2D eigenvalue weighted by Crippen LogP contribution is -2.19. The molecule has 0 saturated carbocycles. The molecule has 1 heteroatoms. The lowest BCUT2D eigenvalue weighted by atomic mass is 9.86. The summed E-state index contributed by atoms with van der Waals surface area (Å²) >= 11 is 0. The standard InChI is InChI=1S/C10H18O.C10H16/c1-5-10(4,11)8-6-7-9(2)3;1-8(2)10-6-4-9(3)5-7-10/h5,7,11H,1,6,8H2,2-4H3;4,10H,1,5-7H2,2-3H3/t;10-/m.1/s1. The van der Waals surface area contributed by atoms with Gasteiger partial charge in [0.05, 0.1) is 5.60 Å². The molecule has 21 heavy (non-hydrogen) atoms. The van der Waals surface area contributed by atoms with E-state index < -0.39 is 5.60 Å². The Labute approximate surface area is 132 Å². The van der Waals surface area contributed by atoms with Crippen LogP contribution in [0.1, 0.15) is 66.7 Å². The summed E-state index contributed by atoms with van der Waals surface area (Å²) in [5.41, 5.74) is 3.50. The van der Waals surface area contributed by atoms with Crippen LogP contribution in [-0.2, 0) is 0 Å². The fourth-order valence-electron chi connectivity index (χ4n) is 2.17. The molecule has 0 aromatic carbocycles. The molecule has 1 aliphatic rings. The molecule has 0 spiro atoms. The number of hydrogen-bond acceptors (Lipinski definition) is 1. The number of allylic oxidation sites excluding steroid dienone is 5. The van der Waals surface area contributed by atoms with E-state index in [4.69, 9.17) is 0 Å². The van der Waals surface area contributed by atoms with Gasteiger partial charge in [0.15, 0.2) is 0 Å².